The molecule has 4 heteroatoms. The molecule has 0 aromatic carbocycles. The van der Waals surface area contributed by atoms with Gasteiger partial charge in [-0.05, 0) is 25.7 Å². The van der Waals surface area contributed by atoms with Gasteiger partial charge in [0.2, 0.25) is 0 Å². The summed E-state index contributed by atoms with van der Waals surface area (Å²) in [4.78, 5) is 10.8. The highest BCUT2D eigenvalue weighted by atomic mass is 16.6. The lowest BCUT2D eigenvalue weighted by atomic mass is 10.1. The summed E-state index contributed by atoms with van der Waals surface area (Å²) in [6, 6.07) is 0. The Hall–Kier alpha value is -0.870. The largest absolute Gasteiger partial charge is 0.469 e. The molecule has 0 aromatic heterocycles. The third-order valence-corrected chi connectivity index (χ3v) is 2.68. The Morgan fingerprint density at radius 1 is 1.35 bits per heavy atom. The Bertz CT molecular complexity index is 232. The first-order valence-electron chi connectivity index (χ1n) is 6.24. The van der Waals surface area contributed by atoms with E-state index in [1.165, 1.54) is 7.11 Å². The van der Waals surface area contributed by atoms with Crippen molar-refractivity contribution in [3.8, 4) is 0 Å². The fourth-order valence-corrected chi connectivity index (χ4v) is 1.67. The van der Waals surface area contributed by atoms with Crippen molar-refractivity contribution in [1.82, 2.24) is 0 Å². The Morgan fingerprint density at radius 3 is 2.94 bits per heavy atom. The SMILES string of the molecule is COC(=O)CCCCC=CCC1COCCO1. The van der Waals surface area contributed by atoms with Crippen LogP contribution in [0.15, 0.2) is 12.2 Å². The highest BCUT2D eigenvalue weighted by Crippen LogP contribution is 2.07. The molecule has 0 aliphatic carbocycles. The number of carbonyl (C=O) groups is 1. The van der Waals surface area contributed by atoms with E-state index in [1.54, 1.807) is 0 Å². The van der Waals surface area contributed by atoms with Crippen LogP contribution >= 0.6 is 0 Å². The molecule has 1 rings (SSSR count). The standard InChI is InChI=1S/C13H22O4/c1-15-13(14)8-6-4-2-3-5-7-12-11-16-9-10-17-12/h3,5,12H,2,4,6-11H2,1H3. The minimum absolute atomic E-state index is 0.123. The summed E-state index contributed by atoms with van der Waals surface area (Å²) in [5, 5.41) is 0. The summed E-state index contributed by atoms with van der Waals surface area (Å²) in [7, 11) is 1.43. The molecule has 0 amide bonds. The minimum Gasteiger partial charge on any atom is -0.469 e. The predicted octanol–water partition coefficient (Wildman–Crippen LogP) is 2.08. The van der Waals surface area contributed by atoms with E-state index in [0.717, 1.165) is 25.7 Å². The molecule has 98 valence electrons. The van der Waals surface area contributed by atoms with Crippen LogP contribution in [0, 0.1) is 0 Å². The number of esters is 1. The first-order valence-corrected chi connectivity index (χ1v) is 6.24. The van der Waals surface area contributed by atoms with Crippen LogP contribution in [0.25, 0.3) is 0 Å². The van der Waals surface area contributed by atoms with Crippen LogP contribution in [0.3, 0.4) is 0 Å². The molecule has 0 N–H and O–H groups in total. The molecule has 0 spiro atoms. The monoisotopic (exact) mass is 242 g/mol. The van der Waals surface area contributed by atoms with Crippen molar-refractivity contribution in [3.05, 3.63) is 12.2 Å². The second-order valence-electron chi connectivity index (χ2n) is 4.10. The number of ether oxygens (including phenoxy) is 3. The van der Waals surface area contributed by atoms with Crippen molar-refractivity contribution in [2.24, 2.45) is 0 Å². The van der Waals surface area contributed by atoms with Gasteiger partial charge < -0.3 is 14.2 Å². The molecule has 0 radical (unpaired) electrons. The summed E-state index contributed by atoms with van der Waals surface area (Å²) >= 11 is 0. The van der Waals surface area contributed by atoms with E-state index < -0.39 is 0 Å². The Kier molecular flexibility index (Phi) is 7.67. The normalized spacial score (nSPS) is 20.6. The number of hydrogen-bond acceptors (Lipinski definition) is 4. The zero-order chi connectivity index (χ0) is 12.3. The van der Waals surface area contributed by atoms with E-state index >= 15 is 0 Å². The molecule has 0 bridgehead atoms. The summed E-state index contributed by atoms with van der Waals surface area (Å²) < 4.78 is 15.4. The van der Waals surface area contributed by atoms with Crippen LogP contribution < -0.4 is 0 Å². The average Bonchev–Trinajstić information content (AvgIpc) is 2.38. The number of unbranched alkanes of at least 4 members (excludes halogenated alkanes) is 2. The smallest absolute Gasteiger partial charge is 0.305 e. The molecule has 1 saturated heterocycles. The van der Waals surface area contributed by atoms with E-state index in [-0.39, 0.29) is 12.1 Å². The van der Waals surface area contributed by atoms with Gasteiger partial charge in [0, 0.05) is 6.42 Å². The highest BCUT2D eigenvalue weighted by molar-refractivity contribution is 5.68. The lowest BCUT2D eigenvalue weighted by Crippen LogP contribution is -2.27. The summed E-state index contributed by atoms with van der Waals surface area (Å²) in [5.41, 5.74) is 0. The number of hydrogen-bond donors (Lipinski definition) is 0. The zero-order valence-electron chi connectivity index (χ0n) is 10.5. The fraction of sp³-hybridized carbons (Fsp3) is 0.769. The van der Waals surface area contributed by atoms with Gasteiger partial charge in [-0.3, -0.25) is 4.79 Å². The molecule has 1 unspecified atom stereocenters. The van der Waals surface area contributed by atoms with Crippen LogP contribution in [-0.2, 0) is 19.0 Å². The van der Waals surface area contributed by atoms with Crippen LogP contribution in [-0.4, -0.2) is 39.0 Å². The molecule has 1 heterocycles. The number of allylic oxidation sites excluding steroid dienone is 1. The Morgan fingerprint density at radius 2 is 2.24 bits per heavy atom. The molecule has 4 nitrogen and oxygen atoms in total. The van der Waals surface area contributed by atoms with E-state index in [2.05, 4.69) is 16.9 Å². The maximum Gasteiger partial charge on any atom is 0.305 e. The topological polar surface area (TPSA) is 44.8 Å². The lowest BCUT2D eigenvalue weighted by molar-refractivity contribution is -0.140. The van der Waals surface area contributed by atoms with Crippen LogP contribution in [0.5, 0.6) is 0 Å². The maximum absolute atomic E-state index is 10.8. The molecule has 1 aliphatic heterocycles. The van der Waals surface area contributed by atoms with Gasteiger partial charge in [-0.25, -0.2) is 0 Å². The maximum atomic E-state index is 10.8. The van der Waals surface area contributed by atoms with Gasteiger partial charge in [0.15, 0.2) is 0 Å². The van der Waals surface area contributed by atoms with Gasteiger partial charge in [-0.15, -0.1) is 0 Å². The van der Waals surface area contributed by atoms with E-state index in [0.29, 0.717) is 26.2 Å². The molecule has 17 heavy (non-hydrogen) atoms. The second kappa shape index (κ2) is 9.19. The first-order chi connectivity index (χ1) is 8.33. The Labute approximate surface area is 103 Å². The highest BCUT2D eigenvalue weighted by Gasteiger charge is 2.11. The molecule has 1 aliphatic rings. The third-order valence-electron chi connectivity index (χ3n) is 2.68. The second-order valence-corrected chi connectivity index (χ2v) is 4.10. The molecule has 0 saturated carbocycles. The zero-order valence-corrected chi connectivity index (χ0v) is 10.5. The van der Waals surface area contributed by atoms with Gasteiger partial charge >= 0.3 is 5.97 Å². The van der Waals surface area contributed by atoms with Crippen molar-refractivity contribution in [2.45, 2.75) is 38.2 Å². The van der Waals surface area contributed by atoms with E-state index in [4.69, 9.17) is 9.47 Å². The molecule has 0 aromatic rings. The molecular formula is C13H22O4. The minimum atomic E-state index is -0.123. The third kappa shape index (κ3) is 7.13. The van der Waals surface area contributed by atoms with Gasteiger partial charge in [0.25, 0.3) is 0 Å². The van der Waals surface area contributed by atoms with Crippen molar-refractivity contribution >= 4 is 5.97 Å². The van der Waals surface area contributed by atoms with Gasteiger partial charge in [-0.1, -0.05) is 12.2 Å². The van der Waals surface area contributed by atoms with Gasteiger partial charge in [-0.2, -0.15) is 0 Å². The number of methoxy groups -OCH3 is 1. The van der Waals surface area contributed by atoms with Crippen molar-refractivity contribution in [3.63, 3.8) is 0 Å². The van der Waals surface area contributed by atoms with E-state index in [1.807, 2.05) is 0 Å². The Balaban J connectivity index is 1.93. The van der Waals surface area contributed by atoms with Crippen molar-refractivity contribution < 1.29 is 19.0 Å². The molecular weight excluding hydrogens is 220 g/mol. The van der Waals surface area contributed by atoms with Crippen LogP contribution in [0.2, 0.25) is 0 Å². The summed E-state index contributed by atoms with van der Waals surface area (Å²) in [6.07, 6.45) is 8.85. The van der Waals surface area contributed by atoms with Crippen LogP contribution in [0.1, 0.15) is 32.1 Å². The van der Waals surface area contributed by atoms with Gasteiger partial charge in [0.1, 0.15) is 0 Å². The van der Waals surface area contributed by atoms with Crippen LogP contribution in [0.4, 0.5) is 0 Å². The molecule has 1 atom stereocenters. The van der Waals surface area contributed by atoms with Crippen molar-refractivity contribution in [2.75, 3.05) is 26.9 Å². The number of carbonyl (C=O) groups excluding carboxylic acids is 1. The quantitative estimate of drug-likeness (QED) is 0.389. The average molecular weight is 242 g/mol. The first kappa shape index (κ1) is 14.2. The number of rotatable bonds is 7. The van der Waals surface area contributed by atoms with E-state index in [9.17, 15) is 4.79 Å². The lowest BCUT2D eigenvalue weighted by Gasteiger charge is -2.21. The predicted molar refractivity (Wildman–Crippen MR) is 64.8 cm³/mol. The fourth-order valence-electron chi connectivity index (χ4n) is 1.67. The summed E-state index contributed by atoms with van der Waals surface area (Å²) in [6.45, 7) is 2.12. The molecule has 1 fully saturated rings. The van der Waals surface area contributed by atoms with Crippen molar-refractivity contribution in [1.29, 1.82) is 0 Å². The van der Waals surface area contributed by atoms with Gasteiger partial charge in [0.05, 0.1) is 33.0 Å². The summed E-state index contributed by atoms with van der Waals surface area (Å²) in [5.74, 6) is -0.123.